The van der Waals surface area contributed by atoms with Crippen LogP contribution in [0.3, 0.4) is 0 Å². The summed E-state index contributed by atoms with van der Waals surface area (Å²) in [4.78, 5) is 22.8. The van der Waals surface area contributed by atoms with Gasteiger partial charge in [-0.2, -0.15) is 0 Å². The highest BCUT2D eigenvalue weighted by Gasteiger charge is 2.31. The van der Waals surface area contributed by atoms with Crippen LogP contribution in [0.2, 0.25) is 0 Å². The van der Waals surface area contributed by atoms with E-state index in [1.807, 2.05) is 6.92 Å². The van der Waals surface area contributed by atoms with Crippen LogP contribution in [-0.4, -0.2) is 29.7 Å². The molecular formula is C16H21NO4. The molecule has 5 heteroatoms. The lowest BCUT2D eigenvalue weighted by Crippen LogP contribution is -2.33. The Hall–Kier alpha value is -1.88. The van der Waals surface area contributed by atoms with Gasteiger partial charge in [-0.05, 0) is 56.4 Å². The van der Waals surface area contributed by atoms with Gasteiger partial charge in [-0.1, -0.05) is 0 Å². The van der Waals surface area contributed by atoms with Crippen molar-refractivity contribution in [2.24, 2.45) is 5.92 Å². The summed E-state index contributed by atoms with van der Waals surface area (Å²) in [5.74, 6) is -0.603. The molecule has 1 saturated carbocycles. The van der Waals surface area contributed by atoms with Gasteiger partial charge in [0.15, 0.2) is 0 Å². The predicted octanol–water partition coefficient (Wildman–Crippen LogP) is 2.84. The number of nitrogens with one attached hydrogen (secondary N) is 1. The number of hydrogen-bond donors (Lipinski definition) is 2. The average Bonchev–Trinajstić information content (AvgIpc) is 2.38. The normalized spacial score (nSPS) is 20.7. The number of amides is 1. The SMILES string of the molecule is CCOC1CC(CC(=O)Nc2ccc(C(=O)O)cc2C)C1. The monoisotopic (exact) mass is 291 g/mol. The molecule has 0 unspecified atom stereocenters. The zero-order valence-electron chi connectivity index (χ0n) is 12.4. The summed E-state index contributed by atoms with van der Waals surface area (Å²) in [7, 11) is 0. The summed E-state index contributed by atoms with van der Waals surface area (Å²) in [5, 5.41) is 11.8. The summed E-state index contributed by atoms with van der Waals surface area (Å²) >= 11 is 0. The molecule has 2 rings (SSSR count). The summed E-state index contributed by atoms with van der Waals surface area (Å²) < 4.78 is 5.48. The van der Waals surface area contributed by atoms with Crippen LogP contribution in [0.4, 0.5) is 5.69 Å². The second-order valence-electron chi connectivity index (χ2n) is 5.50. The number of aromatic carboxylic acids is 1. The van der Waals surface area contributed by atoms with Crippen LogP contribution in [0.15, 0.2) is 18.2 Å². The van der Waals surface area contributed by atoms with E-state index in [1.54, 1.807) is 19.1 Å². The van der Waals surface area contributed by atoms with Crippen LogP contribution in [0, 0.1) is 12.8 Å². The minimum absolute atomic E-state index is 0.0267. The minimum atomic E-state index is -0.965. The van der Waals surface area contributed by atoms with Crippen molar-refractivity contribution in [1.82, 2.24) is 0 Å². The van der Waals surface area contributed by atoms with Crippen LogP contribution < -0.4 is 5.32 Å². The van der Waals surface area contributed by atoms with Gasteiger partial charge in [-0.3, -0.25) is 4.79 Å². The first-order chi connectivity index (χ1) is 9.99. The molecule has 0 bridgehead atoms. The van der Waals surface area contributed by atoms with Crippen LogP contribution in [-0.2, 0) is 9.53 Å². The third-order valence-corrected chi connectivity index (χ3v) is 3.82. The van der Waals surface area contributed by atoms with Crippen LogP contribution in [0.25, 0.3) is 0 Å². The third kappa shape index (κ3) is 4.04. The molecule has 0 heterocycles. The molecule has 1 aliphatic rings. The molecule has 2 N–H and O–H groups in total. The molecule has 0 aromatic heterocycles. The highest BCUT2D eigenvalue weighted by Crippen LogP contribution is 2.33. The zero-order chi connectivity index (χ0) is 15.4. The van der Waals surface area contributed by atoms with Crippen LogP contribution >= 0.6 is 0 Å². The number of aryl methyl sites for hydroxylation is 1. The first-order valence-corrected chi connectivity index (χ1v) is 7.25. The summed E-state index contributed by atoms with van der Waals surface area (Å²) in [6.07, 6.45) is 2.68. The van der Waals surface area contributed by atoms with Gasteiger partial charge in [0.2, 0.25) is 5.91 Å². The van der Waals surface area contributed by atoms with E-state index >= 15 is 0 Å². The van der Waals surface area contributed by atoms with Gasteiger partial charge < -0.3 is 15.2 Å². The number of hydrogen-bond acceptors (Lipinski definition) is 3. The van der Waals surface area contributed by atoms with E-state index in [1.165, 1.54) is 6.07 Å². The van der Waals surface area contributed by atoms with Gasteiger partial charge in [-0.25, -0.2) is 4.79 Å². The van der Waals surface area contributed by atoms with Gasteiger partial charge in [0.1, 0.15) is 0 Å². The van der Waals surface area contributed by atoms with Crippen molar-refractivity contribution >= 4 is 17.6 Å². The molecular weight excluding hydrogens is 270 g/mol. The molecule has 21 heavy (non-hydrogen) atoms. The van der Waals surface area contributed by atoms with Gasteiger partial charge in [0.05, 0.1) is 11.7 Å². The lowest BCUT2D eigenvalue weighted by Gasteiger charge is -2.34. The summed E-state index contributed by atoms with van der Waals surface area (Å²) in [6, 6.07) is 4.70. The molecule has 0 spiro atoms. The molecule has 0 radical (unpaired) electrons. The number of carboxylic acids is 1. The van der Waals surface area contributed by atoms with E-state index in [9.17, 15) is 9.59 Å². The number of ether oxygens (including phenoxy) is 1. The van der Waals surface area contributed by atoms with Crippen molar-refractivity contribution < 1.29 is 19.4 Å². The summed E-state index contributed by atoms with van der Waals surface area (Å²) in [6.45, 7) is 4.48. The van der Waals surface area contributed by atoms with Gasteiger partial charge >= 0.3 is 5.97 Å². The van der Waals surface area contributed by atoms with E-state index in [2.05, 4.69) is 5.32 Å². The molecule has 114 valence electrons. The lowest BCUT2D eigenvalue weighted by molar-refractivity contribution is -0.119. The fourth-order valence-corrected chi connectivity index (χ4v) is 2.61. The Balaban J connectivity index is 1.85. The maximum absolute atomic E-state index is 12.0. The van der Waals surface area contributed by atoms with E-state index in [-0.39, 0.29) is 11.5 Å². The van der Waals surface area contributed by atoms with Crippen LogP contribution in [0.1, 0.15) is 42.1 Å². The quantitative estimate of drug-likeness (QED) is 0.845. The predicted molar refractivity (Wildman–Crippen MR) is 79.5 cm³/mol. The number of benzene rings is 1. The van der Waals surface area contributed by atoms with E-state index in [0.717, 1.165) is 25.0 Å². The largest absolute Gasteiger partial charge is 0.478 e. The Bertz CT molecular complexity index is 535. The third-order valence-electron chi connectivity index (χ3n) is 3.82. The molecule has 1 aliphatic carbocycles. The average molecular weight is 291 g/mol. The van der Waals surface area contributed by atoms with Gasteiger partial charge in [0, 0.05) is 18.7 Å². The Morgan fingerprint density at radius 3 is 2.67 bits per heavy atom. The van der Waals surface area contributed by atoms with Crippen molar-refractivity contribution in [3.05, 3.63) is 29.3 Å². The standard InChI is InChI=1S/C16H21NO4/c1-3-21-13-7-11(8-13)9-15(18)17-14-5-4-12(16(19)20)6-10(14)2/h4-6,11,13H,3,7-9H2,1-2H3,(H,17,18)(H,19,20). The van der Waals surface area contributed by atoms with Crippen molar-refractivity contribution in [3.63, 3.8) is 0 Å². The van der Waals surface area contributed by atoms with E-state index in [0.29, 0.717) is 24.1 Å². The highest BCUT2D eigenvalue weighted by atomic mass is 16.5. The highest BCUT2D eigenvalue weighted by molar-refractivity contribution is 5.93. The van der Waals surface area contributed by atoms with Gasteiger partial charge in [0.25, 0.3) is 0 Å². The number of rotatable bonds is 6. The van der Waals surface area contributed by atoms with Crippen molar-refractivity contribution in [2.75, 3.05) is 11.9 Å². The van der Waals surface area contributed by atoms with E-state index in [4.69, 9.17) is 9.84 Å². The smallest absolute Gasteiger partial charge is 0.335 e. The van der Waals surface area contributed by atoms with Gasteiger partial charge in [-0.15, -0.1) is 0 Å². The molecule has 0 aliphatic heterocycles. The number of carbonyl (C=O) groups is 2. The Morgan fingerprint density at radius 1 is 1.38 bits per heavy atom. The molecule has 5 nitrogen and oxygen atoms in total. The molecule has 0 atom stereocenters. The Morgan fingerprint density at radius 2 is 2.10 bits per heavy atom. The molecule has 1 aromatic carbocycles. The fourth-order valence-electron chi connectivity index (χ4n) is 2.61. The topological polar surface area (TPSA) is 75.6 Å². The number of anilines is 1. The van der Waals surface area contributed by atoms with Crippen molar-refractivity contribution in [3.8, 4) is 0 Å². The zero-order valence-corrected chi connectivity index (χ0v) is 12.4. The maximum atomic E-state index is 12.0. The van der Waals surface area contributed by atoms with Crippen molar-refractivity contribution in [1.29, 1.82) is 0 Å². The molecule has 1 aromatic rings. The lowest BCUT2D eigenvalue weighted by atomic mass is 9.80. The number of carboxylic acid groups (broad SMARTS) is 1. The molecule has 1 fully saturated rings. The molecule has 0 saturated heterocycles. The minimum Gasteiger partial charge on any atom is -0.478 e. The Kier molecular flexibility index (Phi) is 4.96. The second kappa shape index (κ2) is 6.72. The van der Waals surface area contributed by atoms with E-state index < -0.39 is 5.97 Å². The first-order valence-electron chi connectivity index (χ1n) is 7.25. The maximum Gasteiger partial charge on any atom is 0.335 e. The fraction of sp³-hybridized carbons (Fsp3) is 0.500. The second-order valence-corrected chi connectivity index (χ2v) is 5.50. The first kappa shape index (κ1) is 15.5. The van der Waals surface area contributed by atoms with Crippen molar-refractivity contribution in [2.45, 2.75) is 39.2 Å². The molecule has 1 amide bonds. The number of carbonyl (C=O) groups excluding carboxylic acids is 1. The Labute approximate surface area is 124 Å². The summed E-state index contributed by atoms with van der Waals surface area (Å²) in [5.41, 5.74) is 1.65. The van der Waals surface area contributed by atoms with Crippen LogP contribution in [0.5, 0.6) is 0 Å².